The van der Waals surface area contributed by atoms with Crippen LogP contribution in [0.15, 0.2) is 60.8 Å². The Morgan fingerprint density at radius 3 is 2.66 bits per heavy atom. The Hall–Kier alpha value is -3.65. The summed E-state index contributed by atoms with van der Waals surface area (Å²) in [6.45, 7) is 4.19. The lowest BCUT2D eigenvalue weighted by Crippen LogP contribution is -2.15. The van der Waals surface area contributed by atoms with E-state index in [1.807, 2.05) is 37.3 Å². The normalized spacial score (nSPS) is 10.9. The van der Waals surface area contributed by atoms with E-state index in [1.165, 1.54) is 12.1 Å². The van der Waals surface area contributed by atoms with Gasteiger partial charge in [0.25, 0.3) is 5.91 Å². The summed E-state index contributed by atoms with van der Waals surface area (Å²) in [7, 11) is 0. The van der Waals surface area contributed by atoms with E-state index in [-0.39, 0.29) is 18.3 Å². The molecule has 0 fully saturated rings. The van der Waals surface area contributed by atoms with Crippen LogP contribution in [0.5, 0.6) is 5.75 Å². The van der Waals surface area contributed by atoms with E-state index in [2.05, 4.69) is 15.5 Å². The van der Waals surface area contributed by atoms with Gasteiger partial charge >= 0.3 is 0 Å². The molecule has 0 saturated heterocycles. The highest BCUT2D eigenvalue weighted by Crippen LogP contribution is 2.24. The molecule has 7 nitrogen and oxygen atoms in total. The second-order valence-electron chi connectivity index (χ2n) is 7.22. The highest BCUT2D eigenvalue weighted by atomic mass is 35.5. The molecule has 1 amide bonds. The standard InChI is InChI=1S/C23H21ClFN5O2/c1-15-22(16(2)30(27-15)13-17-8-9-18(25)12-20(17)24)26-23(31)21-10-11-29(28-21)14-32-19-6-4-3-5-7-19/h3-12H,13-14H2,1-2H3,(H,26,31). The largest absolute Gasteiger partial charge is 0.471 e. The van der Waals surface area contributed by atoms with Gasteiger partial charge in [-0.2, -0.15) is 10.2 Å². The molecule has 4 aromatic rings. The van der Waals surface area contributed by atoms with E-state index < -0.39 is 5.82 Å². The first-order valence-corrected chi connectivity index (χ1v) is 10.3. The minimum atomic E-state index is -0.395. The van der Waals surface area contributed by atoms with Crippen molar-refractivity contribution >= 4 is 23.2 Å². The maximum Gasteiger partial charge on any atom is 0.276 e. The zero-order chi connectivity index (χ0) is 22.7. The Bertz CT molecular complexity index is 1250. The lowest BCUT2D eigenvalue weighted by atomic mass is 10.2. The summed E-state index contributed by atoms with van der Waals surface area (Å²) >= 11 is 6.14. The number of hydrogen-bond donors (Lipinski definition) is 1. The van der Waals surface area contributed by atoms with Crippen molar-refractivity contribution in [3.63, 3.8) is 0 Å². The summed E-state index contributed by atoms with van der Waals surface area (Å²) in [4.78, 5) is 12.7. The van der Waals surface area contributed by atoms with Crippen LogP contribution >= 0.6 is 11.6 Å². The number of amides is 1. The summed E-state index contributed by atoms with van der Waals surface area (Å²) < 4.78 is 22.2. The van der Waals surface area contributed by atoms with Crippen LogP contribution in [0, 0.1) is 19.7 Å². The number of anilines is 1. The highest BCUT2D eigenvalue weighted by molar-refractivity contribution is 6.31. The first-order chi connectivity index (χ1) is 15.4. The van der Waals surface area contributed by atoms with Crippen LogP contribution in [0.2, 0.25) is 5.02 Å². The first kappa shape index (κ1) is 21.6. The number of aromatic nitrogens is 4. The highest BCUT2D eigenvalue weighted by Gasteiger charge is 2.18. The lowest BCUT2D eigenvalue weighted by molar-refractivity contribution is 0.102. The molecule has 164 valence electrons. The Morgan fingerprint density at radius 2 is 1.91 bits per heavy atom. The number of nitrogens with one attached hydrogen (secondary N) is 1. The van der Waals surface area contributed by atoms with Gasteiger partial charge in [-0.1, -0.05) is 35.9 Å². The Kier molecular flexibility index (Phi) is 6.23. The summed E-state index contributed by atoms with van der Waals surface area (Å²) in [6.07, 6.45) is 1.68. The number of hydrogen-bond acceptors (Lipinski definition) is 4. The maximum atomic E-state index is 13.3. The molecule has 0 aliphatic carbocycles. The third kappa shape index (κ3) is 4.81. The second-order valence-corrected chi connectivity index (χ2v) is 7.63. The van der Waals surface area contributed by atoms with E-state index in [9.17, 15) is 9.18 Å². The van der Waals surface area contributed by atoms with Crippen LogP contribution in [0.4, 0.5) is 10.1 Å². The molecular formula is C23H21ClFN5O2. The number of benzene rings is 2. The van der Waals surface area contributed by atoms with Crippen molar-refractivity contribution in [3.05, 3.63) is 94.3 Å². The predicted octanol–water partition coefficient (Wildman–Crippen LogP) is 4.83. The Morgan fingerprint density at radius 1 is 1.12 bits per heavy atom. The van der Waals surface area contributed by atoms with E-state index in [4.69, 9.17) is 16.3 Å². The van der Waals surface area contributed by atoms with Crippen molar-refractivity contribution in [1.29, 1.82) is 0 Å². The van der Waals surface area contributed by atoms with Crippen LogP contribution in [0.3, 0.4) is 0 Å². The van der Waals surface area contributed by atoms with Crippen LogP contribution in [0.25, 0.3) is 0 Å². The van der Waals surface area contributed by atoms with E-state index in [0.29, 0.717) is 28.7 Å². The Balaban J connectivity index is 1.44. The molecule has 2 aromatic heterocycles. The van der Waals surface area contributed by atoms with E-state index >= 15 is 0 Å². The second kappa shape index (κ2) is 9.23. The van der Waals surface area contributed by atoms with Crippen molar-refractivity contribution < 1.29 is 13.9 Å². The van der Waals surface area contributed by atoms with Crippen molar-refractivity contribution in [2.75, 3.05) is 5.32 Å². The molecule has 0 aliphatic rings. The molecule has 0 spiro atoms. The van der Waals surface area contributed by atoms with E-state index in [0.717, 1.165) is 11.3 Å². The third-order valence-corrected chi connectivity index (χ3v) is 5.29. The number of ether oxygens (including phenoxy) is 1. The molecule has 9 heteroatoms. The quantitative estimate of drug-likeness (QED) is 0.435. The number of rotatable bonds is 7. The maximum absolute atomic E-state index is 13.3. The molecule has 0 aliphatic heterocycles. The predicted molar refractivity (Wildman–Crippen MR) is 119 cm³/mol. The summed E-state index contributed by atoms with van der Waals surface area (Å²) in [6, 6.07) is 15.2. The monoisotopic (exact) mass is 453 g/mol. The van der Waals surface area contributed by atoms with Gasteiger partial charge in [-0.05, 0) is 49.7 Å². The number of aryl methyl sites for hydroxylation is 1. The van der Waals surface area contributed by atoms with Gasteiger partial charge in [-0.15, -0.1) is 0 Å². The van der Waals surface area contributed by atoms with Gasteiger partial charge in [-0.25, -0.2) is 9.07 Å². The number of nitrogens with zero attached hydrogens (tertiary/aromatic N) is 4. The minimum Gasteiger partial charge on any atom is -0.471 e. The van der Waals surface area contributed by atoms with Gasteiger partial charge < -0.3 is 10.1 Å². The number of carbonyl (C=O) groups excluding carboxylic acids is 1. The van der Waals surface area contributed by atoms with Crippen LogP contribution in [0.1, 0.15) is 27.4 Å². The van der Waals surface area contributed by atoms with Gasteiger partial charge in [-0.3, -0.25) is 9.48 Å². The molecule has 0 atom stereocenters. The molecular weight excluding hydrogens is 433 g/mol. The molecule has 32 heavy (non-hydrogen) atoms. The van der Waals surface area contributed by atoms with Gasteiger partial charge in [0, 0.05) is 11.2 Å². The molecule has 0 radical (unpaired) electrons. The van der Waals surface area contributed by atoms with E-state index in [1.54, 1.807) is 34.6 Å². The fourth-order valence-corrected chi connectivity index (χ4v) is 3.46. The molecule has 4 rings (SSSR count). The fraction of sp³-hybridized carbons (Fsp3) is 0.174. The smallest absolute Gasteiger partial charge is 0.276 e. The van der Waals surface area contributed by atoms with Crippen LogP contribution in [-0.2, 0) is 13.3 Å². The van der Waals surface area contributed by atoms with Crippen molar-refractivity contribution in [2.24, 2.45) is 0 Å². The van der Waals surface area contributed by atoms with Gasteiger partial charge in [0.1, 0.15) is 11.6 Å². The van der Waals surface area contributed by atoms with Gasteiger partial charge in [0.2, 0.25) is 0 Å². The molecule has 0 bridgehead atoms. The molecule has 2 aromatic carbocycles. The van der Waals surface area contributed by atoms with Gasteiger partial charge in [0.15, 0.2) is 12.4 Å². The van der Waals surface area contributed by atoms with Crippen molar-refractivity contribution in [3.8, 4) is 5.75 Å². The number of carbonyl (C=O) groups is 1. The summed E-state index contributed by atoms with van der Waals surface area (Å²) in [5.74, 6) is -0.0309. The SMILES string of the molecule is Cc1nn(Cc2ccc(F)cc2Cl)c(C)c1NC(=O)c1ccn(COc2ccccc2)n1. The summed E-state index contributed by atoms with van der Waals surface area (Å²) in [5, 5.41) is 12.0. The molecule has 2 heterocycles. The zero-order valence-corrected chi connectivity index (χ0v) is 18.3. The number of halogens is 2. The fourth-order valence-electron chi connectivity index (χ4n) is 3.23. The topological polar surface area (TPSA) is 74.0 Å². The van der Waals surface area contributed by atoms with Crippen molar-refractivity contribution in [1.82, 2.24) is 19.6 Å². The third-order valence-electron chi connectivity index (χ3n) is 4.94. The molecule has 1 N–H and O–H groups in total. The zero-order valence-electron chi connectivity index (χ0n) is 17.5. The van der Waals surface area contributed by atoms with Crippen LogP contribution < -0.4 is 10.1 Å². The lowest BCUT2D eigenvalue weighted by Gasteiger charge is -2.08. The number of para-hydroxylation sites is 1. The average molecular weight is 454 g/mol. The first-order valence-electron chi connectivity index (χ1n) is 9.91. The average Bonchev–Trinajstić information content (AvgIpc) is 3.35. The molecule has 0 unspecified atom stereocenters. The summed E-state index contributed by atoms with van der Waals surface area (Å²) in [5.41, 5.74) is 3.00. The van der Waals surface area contributed by atoms with Crippen LogP contribution in [-0.4, -0.2) is 25.5 Å². The van der Waals surface area contributed by atoms with Gasteiger partial charge in [0.05, 0.1) is 23.6 Å². The Labute approximate surface area is 189 Å². The minimum absolute atomic E-state index is 0.186. The molecule has 0 saturated carbocycles. The van der Waals surface area contributed by atoms with Crippen molar-refractivity contribution in [2.45, 2.75) is 27.1 Å².